The van der Waals surface area contributed by atoms with Gasteiger partial charge in [-0.05, 0) is 12.5 Å². The van der Waals surface area contributed by atoms with E-state index >= 15 is 0 Å². The van der Waals surface area contributed by atoms with Crippen molar-refractivity contribution >= 4 is 29.2 Å². The Morgan fingerprint density at radius 2 is 2.21 bits per heavy atom. The van der Waals surface area contributed by atoms with Gasteiger partial charge in [0.2, 0.25) is 11.9 Å². The lowest BCUT2D eigenvalue weighted by atomic mass is 10.1. The molecule has 4 N–H and O–H groups in total. The van der Waals surface area contributed by atoms with Crippen LogP contribution in [0.5, 0.6) is 0 Å². The van der Waals surface area contributed by atoms with Gasteiger partial charge in [0, 0.05) is 0 Å². The molecule has 0 aliphatic heterocycles. The summed E-state index contributed by atoms with van der Waals surface area (Å²) < 4.78 is 6.20. The highest BCUT2D eigenvalue weighted by Crippen LogP contribution is 2.18. The average Bonchev–Trinajstić information content (AvgIpc) is 2.85. The largest absolute Gasteiger partial charge is 0.453 e. The van der Waals surface area contributed by atoms with Crippen LogP contribution in [-0.4, -0.2) is 32.7 Å². The molecule has 0 unspecified atom stereocenters. The number of carbonyl (C=O) groups excluding carboxylic acids is 1. The highest BCUT2D eigenvalue weighted by Gasteiger charge is 2.18. The van der Waals surface area contributed by atoms with E-state index in [1.807, 2.05) is 31.2 Å². The van der Waals surface area contributed by atoms with Gasteiger partial charge >= 0.3 is 6.09 Å². The number of amides is 1. The Bertz CT molecular complexity index is 975. The number of aryl methyl sites for hydroxylation is 1. The number of imidazole rings is 1. The summed E-state index contributed by atoms with van der Waals surface area (Å²) in [4.78, 5) is 34.3. The van der Waals surface area contributed by atoms with Gasteiger partial charge in [-0.1, -0.05) is 29.8 Å². The van der Waals surface area contributed by atoms with Gasteiger partial charge in [-0.15, -0.1) is 0 Å². The van der Waals surface area contributed by atoms with E-state index in [2.05, 4.69) is 25.0 Å². The van der Waals surface area contributed by atoms with Crippen LogP contribution in [0.25, 0.3) is 11.2 Å². The number of nitrogens with zero attached hydrogens (tertiary/aromatic N) is 3. The summed E-state index contributed by atoms with van der Waals surface area (Å²) >= 11 is 0. The minimum atomic E-state index is -0.694. The number of aromatic nitrogens is 4. The number of methoxy groups -OCH3 is 1. The second kappa shape index (κ2) is 6.03. The van der Waals surface area contributed by atoms with Crippen molar-refractivity contribution < 1.29 is 9.53 Å². The van der Waals surface area contributed by atoms with Crippen molar-refractivity contribution in [2.24, 2.45) is 0 Å². The van der Waals surface area contributed by atoms with Crippen LogP contribution in [0.1, 0.15) is 11.1 Å². The molecule has 2 aromatic heterocycles. The van der Waals surface area contributed by atoms with E-state index in [1.54, 1.807) is 4.57 Å². The van der Waals surface area contributed by atoms with Gasteiger partial charge in [0.15, 0.2) is 11.2 Å². The number of H-pyrrole nitrogens is 1. The molecule has 0 bridgehead atoms. The Morgan fingerprint density at radius 3 is 2.92 bits per heavy atom. The predicted octanol–water partition coefficient (Wildman–Crippen LogP) is 1.24. The standard InChI is InChI=1S/C15H16N6O3/c1-8-4-3-5-9(6-8)7-21-11-10(12(22)19-13(16)18-11)17-14(21)20-15(23)24-2/h3-6H,7H2,1-2H3,(H,17,20,23)(H3,16,18,19,22). The molecule has 1 amide bonds. The van der Waals surface area contributed by atoms with Crippen molar-refractivity contribution in [3.8, 4) is 0 Å². The van der Waals surface area contributed by atoms with Crippen molar-refractivity contribution in [3.63, 3.8) is 0 Å². The van der Waals surface area contributed by atoms with Crippen LogP contribution in [0.2, 0.25) is 0 Å². The molecule has 3 rings (SSSR count). The van der Waals surface area contributed by atoms with Crippen LogP contribution in [0.4, 0.5) is 16.7 Å². The van der Waals surface area contributed by atoms with Crippen LogP contribution >= 0.6 is 0 Å². The molecule has 24 heavy (non-hydrogen) atoms. The lowest BCUT2D eigenvalue weighted by Crippen LogP contribution is -2.16. The number of carbonyl (C=O) groups is 1. The Balaban J connectivity index is 2.16. The van der Waals surface area contributed by atoms with Crippen molar-refractivity contribution in [3.05, 3.63) is 45.7 Å². The van der Waals surface area contributed by atoms with Crippen molar-refractivity contribution in [2.75, 3.05) is 18.2 Å². The van der Waals surface area contributed by atoms with Crippen LogP contribution in [-0.2, 0) is 11.3 Å². The maximum Gasteiger partial charge on any atom is 0.413 e. The van der Waals surface area contributed by atoms with Crippen LogP contribution < -0.4 is 16.6 Å². The smallest absolute Gasteiger partial charge is 0.413 e. The fourth-order valence-electron chi connectivity index (χ4n) is 2.41. The molecule has 1 aromatic carbocycles. The first-order valence-electron chi connectivity index (χ1n) is 7.14. The van der Waals surface area contributed by atoms with E-state index in [0.717, 1.165) is 11.1 Å². The van der Waals surface area contributed by atoms with Gasteiger partial charge in [-0.3, -0.25) is 19.7 Å². The van der Waals surface area contributed by atoms with Gasteiger partial charge in [0.05, 0.1) is 13.7 Å². The first kappa shape index (κ1) is 15.5. The van der Waals surface area contributed by atoms with E-state index in [1.165, 1.54) is 7.11 Å². The Hall–Kier alpha value is -3.36. The molecule has 2 heterocycles. The molecular weight excluding hydrogens is 312 g/mol. The Kier molecular flexibility index (Phi) is 3.90. The zero-order valence-electron chi connectivity index (χ0n) is 13.2. The van der Waals surface area contributed by atoms with Crippen LogP contribution in [0.3, 0.4) is 0 Å². The molecule has 9 nitrogen and oxygen atoms in total. The number of hydrogen-bond donors (Lipinski definition) is 3. The first-order valence-corrected chi connectivity index (χ1v) is 7.14. The third-order valence-corrected chi connectivity index (χ3v) is 3.45. The topological polar surface area (TPSA) is 128 Å². The number of nitrogen functional groups attached to an aromatic ring is 1. The highest BCUT2D eigenvalue weighted by atomic mass is 16.5. The fraction of sp³-hybridized carbons (Fsp3) is 0.200. The lowest BCUT2D eigenvalue weighted by Gasteiger charge is -2.09. The number of aromatic amines is 1. The number of hydrogen-bond acceptors (Lipinski definition) is 6. The molecule has 0 spiro atoms. The van der Waals surface area contributed by atoms with Crippen LogP contribution in [0.15, 0.2) is 29.1 Å². The summed E-state index contributed by atoms with van der Waals surface area (Å²) in [6.07, 6.45) is -0.694. The van der Waals surface area contributed by atoms with Crippen molar-refractivity contribution in [2.45, 2.75) is 13.5 Å². The zero-order chi connectivity index (χ0) is 17.3. The molecular formula is C15H16N6O3. The predicted molar refractivity (Wildman–Crippen MR) is 88.9 cm³/mol. The summed E-state index contributed by atoms with van der Waals surface area (Å²) in [5, 5.41) is 2.49. The molecule has 0 saturated heterocycles. The monoisotopic (exact) mass is 328 g/mol. The van der Waals surface area contributed by atoms with E-state index in [4.69, 9.17) is 5.73 Å². The molecule has 9 heteroatoms. The molecule has 3 aromatic rings. The third kappa shape index (κ3) is 2.91. The van der Waals surface area contributed by atoms with Gasteiger partial charge in [0.1, 0.15) is 0 Å². The minimum absolute atomic E-state index is 0.0255. The van der Waals surface area contributed by atoms with Crippen LogP contribution in [0, 0.1) is 6.92 Å². The maximum absolute atomic E-state index is 12.0. The summed E-state index contributed by atoms with van der Waals surface area (Å²) in [6.45, 7) is 2.33. The zero-order valence-corrected chi connectivity index (χ0v) is 13.2. The van der Waals surface area contributed by atoms with E-state index in [0.29, 0.717) is 6.54 Å². The molecule has 0 aliphatic rings. The highest BCUT2D eigenvalue weighted by molar-refractivity contribution is 5.85. The molecule has 0 atom stereocenters. The number of fused-ring (bicyclic) bond motifs is 1. The van der Waals surface area contributed by atoms with E-state index < -0.39 is 11.7 Å². The van der Waals surface area contributed by atoms with Crippen molar-refractivity contribution in [1.82, 2.24) is 19.5 Å². The number of rotatable bonds is 3. The Labute approximate surface area is 136 Å². The number of ether oxygens (including phenoxy) is 1. The maximum atomic E-state index is 12.0. The third-order valence-electron chi connectivity index (χ3n) is 3.45. The van der Waals surface area contributed by atoms with E-state index in [-0.39, 0.29) is 23.1 Å². The molecule has 0 radical (unpaired) electrons. The number of nitrogens with one attached hydrogen (secondary N) is 2. The fourth-order valence-corrected chi connectivity index (χ4v) is 2.41. The Morgan fingerprint density at radius 1 is 1.42 bits per heavy atom. The lowest BCUT2D eigenvalue weighted by molar-refractivity contribution is 0.186. The SMILES string of the molecule is COC(=O)Nc1nc2c(=O)[nH]c(N)nc2n1Cc1cccc(C)c1. The molecule has 0 fully saturated rings. The number of nitrogens with two attached hydrogens (primary N) is 1. The summed E-state index contributed by atoms with van der Waals surface area (Å²) in [6, 6.07) is 7.82. The van der Waals surface area contributed by atoms with Crippen molar-refractivity contribution in [1.29, 1.82) is 0 Å². The number of anilines is 2. The quantitative estimate of drug-likeness (QED) is 0.663. The van der Waals surface area contributed by atoms with Gasteiger partial charge in [0.25, 0.3) is 5.56 Å². The average molecular weight is 328 g/mol. The van der Waals surface area contributed by atoms with E-state index in [9.17, 15) is 9.59 Å². The second-order valence-corrected chi connectivity index (χ2v) is 5.25. The minimum Gasteiger partial charge on any atom is -0.453 e. The first-order chi connectivity index (χ1) is 11.5. The van der Waals surface area contributed by atoms with Gasteiger partial charge in [-0.2, -0.15) is 4.98 Å². The summed E-state index contributed by atoms with van der Waals surface area (Å²) in [5.74, 6) is 0.129. The normalized spacial score (nSPS) is 10.8. The molecule has 124 valence electrons. The second-order valence-electron chi connectivity index (χ2n) is 5.25. The summed E-state index contributed by atoms with van der Waals surface area (Å²) in [5.41, 5.74) is 7.57. The van der Waals surface area contributed by atoms with Gasteiger partial charge in [-0.25, -0.2) is 9.78 Å². The summed E-state index contributed by atoms with van der Waals surface area (Å²) in [7, 11) is 1.24. The number of benzene rings is 1. The van der Waals surface area contributed by atoms with Gasteiger partial charge < -0.3 is 10.5 Å². The molecule has 0 saturated carbocycles. The molecule has 0 aliphatic carbocycles.